The molecule has 118 valence electrons. The van der Waals surface area contributed by atoms with Crippen LogP contribution in [0.3, 0.4) is 0 Å². The molecule has 2 heterocycles. The number of furan rings is 1. The van der Waals surface area contributed by atoms with Crippen LogP contribution in [0.2, 0.25) is 0 Å². The molecule has 2 aliphatic rings. The number of fused-ring (bicyclic) bond motifs is 1. The summed E-state index contributed by atoms with van der Waals surface area (Å²) in [6.07, 6.45) is 6.92. The van der Waals surface area contributed by atoms with Gasteiger partial charge in [0.05, 0.1) is 12.6 Å². The van der Waals surface area contributed by atoms with Crippen LogP contribution in [0.25, 0.3) is 11.0 Å². The second-order valence-corrected chi connectivity index (χ2v) is 7.04. The van der Waals surface area contributed by atoms with E-state index in [1.165, 1.54) is 44.0 Å². The summed E-state index contributed by atoms with van der Waals surface area (Å²) in [5.74, 6) is 1.09. The highest BCUT2D eigenvalue weighted by Crippen LogP contribution is 2.46. The molecule has 4 rings (SSSR count). The topological polar surface area (TPSA) is 25.6 Å². The van der Waals surface area contributed by atoms with Gasteiger partial charge in [-0.3, -0.25) is 4.90 Å². The maximum atomic E-state index is 6.00. The highest BCUT2D eigenvalue weighted by molar-refractivity contribution is 5.77. The molecule has 0 N–H and O–H groups in total. The van der Waals surface area contributed by atoms with Crippen molar-refractivity contribution in [2.45, 2.75) is 44.8 Å². The molecule has 1 aromatic heterocycles. The lowest BCUT2D eigenvalue weighted by atomic mass is 9.76. The van der Waals surface area contributed by atoms with Crippen molar-refractivity contribution in [2.24, 2.45) is 5.41 Å². The Balaban J connectivity index is 1.50. The minimum atomic E-state index is 0.388. The van der Waals surface area contributed by atoms with Crippen molar-refractivity contribution in [3.8, 4) is 0 Å². The van der Waals surface area contributed by atoms with Crippen LogP contribution in [-0.4, -0.2) is 31.2 Å². The third-order valence-corrected chi connectivity index (χ3v) is 5.65. The molecule has 3 heteroatoms. The summed E-state index contributed by atoms with van der Waals surface area (Å²) in [6.45, 7) is 3.25. The fourth-order valence-corrected chi connectivity index (χ4v) is 4.67. The van der Waals surface area contributed by atoms with Crippen molar-refractivity contribution in [2.75, 3.05) is 20.2 Å². The van der Waals surface area contributed by atoms with Crippen molar-refractivity contribution < 1.29 is 9.15 Å². The van der Waals surface area contributed by atoms with Crippen LogP contribution in [0.1, 0.15) is 37.9 Å². The van der Waals surface area contributed by atoms with E-state index in [2.05, 4.69) is 29.2 Å². The zero-order valence-electron chi connectivity index (χ0n) is 13.4. The van der Waals surface area contributed by atoms with Crippen LogP contribution in [-0.2, 0) is 11.3 Å². The SMILES string of the molecule is CO[C@@H]1CCC[C@@]12CCCN(Cc1cc3ccccc3o1)C2. The third kappa shape index (κ3) is 2.46. The van der Waals surface area contributed by atoms with Crippen molar-refractivity contribution in [3.63, 3.8) is 0 Å². The first kappa shape index (κ1) is 14.3. The van der Waals surface area contributed by atoms with Crippen molar-refractivity contribution in [1.29, 1.82) is 0 Å². The average Bonchev–Trinajstić information content (AvgIpc) is 3.10. The van der Waals surface area contributed by atoms with Gasteiger partial charge in [-0.05, 0) is 44.4 Å². The summed E-state index contributed by atoms with van der Waals surface area (Å²) in [7, 11) is 1.88. The number of rotatable bonds is 3. The van der Waals surface area contributed by atoms with Crippen LogP contribution in [0.15, 0.2) is 34.7 Å². The van der Waals surface area contributed by atoms with E-state index in [1.807, 2.05) is 13.2 Å². The van der Waals surface area contributed by atoms with Crippen LogP contribution >= 0.6 is 0 Å². The standard InChI is InChI=1S/C19H25NO2/c1-21-18-8-4-9-19(18)10-5-11-20(14-19)13-16-12-15-6-2-3-7-17(15)22-16/h2-3,6-7,12,18H,4-5,8-11,13-14H2,1H3/t18-,19+/m1/s1. The number of ether oxygens (including phenoxy) is 1. The Morgan fingerprint density at radius 3 is 3.00 bits per heavy atom. The van der Waals surface area contributed by atoms with Crippen LogP contribution in [0, 0.1) is 5.41 Å². The zero-order chi connectivity index (χ0) is 15.0. The van der Waals surface area contributed by atoms with E-state index in [9.17, 15) is 0 Å². The molecular formula is C19H25NO2. The van der Waals surface area contributed by atoms with Gasteiger partial charge in [0.15, 0.2) is 0 Å². The van der Waals surface area contributed by atoms with Gasteiger partial charge in [0.1, 0.15) is 11.3 Å². The Morgan fingerprint density at radius 1 is 1.27 bits per heavy atom. The molecule has 0 unspecified atom stereocenters. The number of para-hydroxylation sites is 1. The van der Waals surface area contributed by atoms with E-state index in [0.717, 1.165) is 24.4 Å². The summed E-state index contributed by atoms with van der Waals surface area (Å²) in [5, 5.41) is 1.21. The number of likely N-dealkylation sites (tertiary alicyclic amines) is 1. The summed E-state index contributed by atoms with van der Waals surface area (Å²) in [4.78, 5) is 2.57. The van der Waals surface area contributed by atoms with Gasteiger partial charge >= 0.3 is 0 Å². The lowest BCUT2D eigenvalue weighted by Crippen LogP contribution is -2.47. The second kappa shape index (κ2) is 5.71. The first-order chi connectivity index (χ1) is 10.8. The molecule has 2 atom stereocenters. The van der Waals surface area contributed by atoms with Gasteiger partial charge < -0.3 is 9.15 Å². The molecule has 2 aromatic rings. The Bertz CT molecular complexity index is 617. The van der Waals surface area contributed by atoms with Crippen molar-refractivity contribution >= 4 is 11.0 Å². The molecule has 0 amide bonds. The van der Waals surface area contributed by atoms with E-state index in [0.29, 0.717) is 11.5 Å². The highest BCUT2D eigenvalue weighted by atomic mass is 16.5. The number of methoxy groups -OCH3 is 1. The fraction of sp³-hybridized carbons (Fsp3) is 0.579. The number of benzene rings is 1. The quantitative estimate of drug-likeness (QED) is 0.849. The number of hydrogen-bond donors (Lipinski definition) is 0. The zero-order valence-corrected chi connectivity index (χ0v) is 13.4. The average molecular weight is 299 g/mol. The minimum absolute atomic E-state index is 0.388. The van der Waals surface area contributed by atoms with Gasteiger partial charge in [-0.15, -0.1) is 0 Å². The van der Waals surface area contributed by atoms with E-state index in [-0.39, 0.29) is 0 Å². The fourth-order valence-electron chi connectivity index (χ4n) is 4.67. The van der Waals surface area contributed by atoms with Crippen molar-refractivity contribution in [1.82, 2.24) is 4.90 Å². The monoisotopic (exact) mass is 299 g/mol. The molecule has 1 saturated carbocycles. The molecule has 3 nitrogen and oxygen atoms in total. The largest absolute Gasteiger partial charge is 0.460 e. The first-order valence-electron chi connectivity index (χ1n) is 8.52. The highest BCUT2D eigenvalue weighted by Gasteiger charge is 2.45. The smallest absolute Gasteiger partial charge is 0.134 e. The summed E-state index contributed by atoms with van der Waals surface area (Å²) < 4.78 is 11.8. The maximum Gasteiger partial charge on any atom is 0.134 e. The number of hydrogen-bond acceptors (Lipinski definition) is 3. The molecule has 0 bridgehead atoms. The Morgan fingerprint density at radius 2 is 2.14 bits per heavy atom. The molecule has 1 aromatic carbocycles. The molecule has 1 spiro atoms. The Labute approximate surface area is 132 Å². The first-order valence-corrected chi connectivity index (χ1v) is 8.52. The van der Waals surface area contributed by atoms with Gasteiger partial charge in [-0.2, -0.15) is 0 Å². The maximum absolute atomic E-state index is 6.00. The van der Waals surface area contributed by atoms with Gasteiger partial charge in [0.2, 0.25) is 0 Å². The van der Waals surface area contributed by atoms with Crippen LogP contribution < -0.4 is 0 Å². The van der Waals surface area contributed by atoms with Crippen LogP contribution in [0.5, 0.6) is 0 Å². The molecule has 1 aliphatic carbocycles. The number of piperidine rings is 1. The predicted octanol–water partition coefficient (Wildman–Crippen LogP) is 4.21. The molecule has 0 radical (unpaired) electrons. The summed E-state index contributed by atoms with van der Waals surface area (Å²) in [5.41, 5.74) is 1.39. The van der Waals surface area contributed by atoms with Crippen LogP contribution in [0.4, 0.5) is 0 Å². The summed E-state index contributed by atoms with van der Waals surface area (Å²) in [6, 6.07) is 10.5. The third-order valence-electron chi connectivity index (χ3n) is 5.65. The summed E-state index contributed by atoms with van der Waals surface area (Å²) >= 11 is 0. The second-order valence-electron chi connectivity index (χ2n) is 7.04. The Kier molecular flexibility index (Phi) is 3.71. The molecule has 2 fully saturated rings. The van der Waals surface area contributed by atoms with Gasteiger partial charge in [-0.25, -0.2) is 0 Å². The predicted molar refractivity (Wildman–Crippen MR) is 87.8 cm³/mol. The molecular weight excluding hydrogens is 274 g/mol. The van der Waals surface area contributed by atoms with Gasteiger partial charge in [-0.1, -0.05) is 24.6 Å². The lowest BCUT2D eigenvalue weighted by Gasteiger charge is -2.43. The number of nitrogens with zero attached hydrogens (tertiary/aromatic N) is 1. The minimum Gasteiger partial charge on any atom is -0.460 e. The van der Waals surface area contributed by atoms with E-state index in [4.69, 9.17) is 9.15 Å². The van der Waals surface area contributed by atoms with Gasteiger partial charge in [0, 0.05) is 24.5 Å². The van der Waals surface area contributed by atoms with Gasteiger partial charge in [0.25, 0.3) is 0 Å². The van der Waals surface area contributed by atoms with E-state index in [1.54, 1.807) is 0 Å². The van der Waals surface area contributed by atoms with Crippen molar-refractivity contribution in [3.05, 3.63) is 36.1 Å². The normalized spacial score (nSPS) is 29.6. The Hall–Kier alpha value is -1.32. The molecule has 22 heavy (non-hydrogen) atoms. The molecule has 1 aliphatic heterocycles. The van der Waals surface area contributed by atoms with E-state index < -0.39 is 0 Å². The lowest BCUT2D eigenvalue weighted by molar-refractivity contribution is -0.0377. The molecule has 1 saturated heterocycles. The van der Waals surface area contributed by atoms with E-state index >= 15 is 0 Å².